The minimum Gasteiger partial charge on any atom is -0.353 e. The van der Waals surface area contributed by atoms with Crippen molar-refractivity contribution in [2.45, 2.75) is 50.9 Å². The Morgan fingerprint density at radius 1 is 1.40 bits per heavy atom. The molecule has 2 aromatic rings. The van der Waals surface area contributed by atoms with E-state index in [9.17, 15) is 9.59 Å². The monoisotopic (exact) mass is 379 g/mol. The van der Waals surface area contributed by atoms with E-state index in [1.165, 1.54) is 24.6 Å². The van der Waals surface area contributed by atoms with Gasteiger partial charge in [-0.15, -0.1) is 0 Å². The molecule has 0 spiro atoms. The lowest BCUT2D eigenvalue weighted by atomic mass is 10.2. The molecule has 25 heavy (non-hydrogen) atoms. The van der Waals surface area contributed by atoms with E-state index in [0.29, 0.717) is 27.0 Å². The number of halogens is 1. The number of carbonyl (C=O) groups excluding carboxylic acids is 1. The van der Waals surface area contributed by atoms with Gasteiger partial charge in [0.05, 0.1) is 16.7 Å². The molecule has 3 rings (SSSR count). The van der Waals surface area contributed by atoms with Gasteiger partial charge < -0.3 is 5.32 Å². The summed E-state index contributed by atoms with van der Waals surface area (Å²) in [5, 5.41) is 4.64. The van der Waals surface area contributed by atoms with E-state index in [1.807, 2.05) is 20.8 Å². The topological polar surface area (TPSA) is 64.0 Å². The standard InChI is InChI=1S/C18H22ClN3O2S/c1-10(2)22-17(24)14-7-6-13(19)8-15(14)21-18(22)25-9-16(23)20-11(3)12-4-5-12/h6-8,10-12H,4-5,9H2,1-3H3,(H,20,23)/t11-/m0/s1. The molecule has 1 atom stereocenters. The fraction of sp³-hybridized carbons (Fsp3) is 0.500. The van der Waals surface area contributed by atoms with E-state index in [-0.39, 0.29) is 29.3 Å². The number of amides is 1. The average molecular weight is 380 g/mol. The normalized spacial score (nSPS) is 15.6. The van der Waals surface area contributed by atoms with Crippen LogP contribution in [0, 0.1) is 5.92 Å². The van der Waals surface area contributed by atoms with Crippen molar-refractivity contribution in [1.82, 2.24) is 14.9 Å². The Labute approximate surface area is 156 Å². The maximum Gasteiger partial charge on any atom is 0.262 e. The van der Waals surface area contributed by atoms with Crippen molar-refractivity contribution in [3.05, 3.63) is 33.6 Å². The maximum absolute atomic E-state index is 12.8. The number of carbonyl (C=O) groups is 1. The molecule has 1 aliphatic rings. The fourth-order valence-electron chi connectivity index (χ4n) is 2.85. The third-order valence-corrected chi connectivity index (χ3v) is 5.59. The van der Waals surface area contributed by atoms with Gasteiger partial charge in [0.1, 0.15) is 0 Å². The molecule has 0 unspecified atom stereocenters. The molecule has 7 heteroatoms. The molecule has 0 saturated heterocycles. The second-order valence-corrected chi connectivity index (χ2v) is 8.19. The Balaban J connectivity index is 1.84. The van der Waals surface area contributed by atoms with Crippen LogP contribution in [0.2, 0.25) is 5.02 Å². The molecule has 1 aromatic carbocycles. The Hall–Kier alpha value is -1.53. The fourth-order valence-corrected chi connectivity index (χ4v) is 3.95. The summed E-state index contributed by atoms with van der Waals surface area (Å²) >= 11 is 7.32. The lowest BCUT2D eigenvalue weighted by Gasteiger charge is -2.17. The average Bonchev–Trinajstić information content (AvgIpc) is 3.37. The van der Waals surface area contributed by atoms with Crippen LogP contribution in [0.25, 0.3) is 10.9 Å². The highest BCUT2D eigenvalue weighted by Gasteiger charge is 2.28. The summed E-state index contributed by atoms with van der Waals surface area (Å²) < 4.78 is 1.64. The maximum atomic E-state index is 12.8. The number of nitrogens with zero attached hydrogens (tertiary/aromatic N) is 2. The number of aromatic nitrogens is 2. The number of fused-ring (bicyclic) bond motifs is 1. The van der Waals surface area contributed by atoms with Crippen molar-refractivity contribution >= 4 is 40.2 Å². The SMILES string of the molecule is CC(C)n1c(SCC(=O)N[C@@H](C)C2CC2)nc2cc(Cl)ccc2c1=O. The second-order valence-electron chi connectivity index (χ2n) is 6.81. The minimum atomic E-state index is -0.106. The summed E-state index contributed by atoms with van der Waals surface area (Å²) in [4.78, 5) is 29.5. The molecule has 1 amide bonds. The largest absolute Gasteiger partial charge is 0.353 e. The predicted molar refractivity (Wildman–Crippen MR) is 102 cm³/mol. The summed E-state index contributed by atoms with van der Waals surface area (Å²) in [6, 6.07) is 5.24. The van der Waals surface area contributed by atoms with E-state index in [0.717, 1.165) is 0 Å². The van der Waals surface area contributed by atoms with E-state index in [1.54, 1.807) is 22.8 Å². The molecule has 0 bridgehead atoms. The Morgan fingerprint density at radius 3 is 2.76 bits per heavy atom. The molecular formula is C18H22ClN3O2S. The summed E-state index contributed by atoms with van der Waals surface area (Å²) in [6.45, 7) is 5.91. The van der Waals surface area contributed by atoms with E-state index < -0.39 is 0 Å². The number of rotatable bonds is 6. The molecular weight excluding hydrogens is 358 g/mol. The van der Waals surface area contributed by atoms with Crippen molar-refractivity contribution < 1.29 is 4.79 Å². The van der Waals surface area contributed by atoms with Crippen molar-refractivity contribution in [2.24, 2.45) is 5.92 Å². The third-order valence-electron chi connectivity index (χ3n) is 4.40. The third kappa shape index (κ3) is 4.18. The number of thioether (sulfide) groups is 1. The molecule has 1 saturated carbocycles. The first kappa shape index (κ1) is 18.3. The predicted octanol–water partition coefficient (Wildman–Crippen LogP) is 3.64. The second kappa shape index (κ2) is 7.38. The van der Waals surface area contributed by atoms with Gasteiger partial charge in [-0.25, -0.2) is 4.98 Å². The van der Waals surface area contributed by atoms with Crippen molar-refractivity contribution in [3.63, 3.8) is 0 Å². The molecule has 134 valence electrons. The zero-order valence-corrected chi connectivity index (χ0v) is 16.2. The lowest BCUT2D eigenvalue weighted by Crippen LogP contribution is -2.35. The Kier molecular flexibility index (Phi) is 5.39. The van der Waals surface area contributed by atoms with Crippen molar-refractivity contribution in [2.75, 3.05) is 5.75 Å². The van der Waals surface area contributed by atoms with Gasteiger partial charge in [0, 0.05) is 17.1 Å². The zero-order valence-electron chi connectivity index (χ0n) is 14.6. The van der Waals surface area contributed by atoms with Gasteiger partial charge >= 0.3 is 0 Å². The van der Waals surface area contributed by atoms with Crippen LogP contribution in [0.15, 0.2) is 28.2 Å². The van der Waals surface area contributed by atoms with Gasteiger partial charge in [0.15, 0.2) is 5.16 Å². The van der Waals surface area contributed by atoms with Crippen LogP contribution in [-0.4, -0.2) is 27.3 Å². The van der Waals surface area contributed by atoms with Crippen LogP contribution in [0.1, 0.15) is 39.7 Å². The van der Waals surface area contributed by atoms with Crippen LogP contribution < -0.4 is 10.9 Å². The highest BCUT2D eigenvalue weighted by molar-refractivity contribution is 7.99. The molecule has 0 radical (unpaired) electrons. The van der Waals surface area contributed by atoms with E-state index >= 15 is 0 Å². The first-order valence-electron chi connectivity index (χ1n) is 8.50. The molecule has 1 aliphatic carbocycles. The van der Waals surface area contributed by atoms with Crippen LogP contribution in [0.3, 0.4) is 0 Å². The number of nitrogens with one attached hydrogen (secondary N) is 1. The van der Waals surface area contributed by atoms with E-state index in [4.69, 9.17) is 11.6 Å². The van der Waals surface area contributed by atoms with Gasteiger partial charge in [-0.2, -0.15) is 0 Å². The molecule has 1 fully saturated rings. The smallest absolute Gasteiger partial charge is 0.262 e. The van der Waals surface area contributed by atoms with Gasteiger partial charge in [-0.1, -0.05) is 23.4 Å². The molecule has 1 heterocycles. The highest BCUT2D eigenvalue weighted by Crippen LogP contribution is 2.32. The molecule has 5 nitrogen and oxygen atoms in total. The van der Waals surface area contributed by atoms with Crippen LogP contribution >= 0.6 is 23.4 Å². The Morgan fingerprint density at radius 2 is 2.12 bits per heavy atom. The van der Waals surface area contributed by atoms with Gasteiger partial charge in [0.25, 0.3) is 5.56 Å². The van der Waals surface area contributed by atoms with Crippen LogP contribution in [0.5, 0.6) is 0 Å². The zero-order chi connectivity index (χ0) is 18.1. The van der Waals surface area contributed by atoms with Crippen LogP contribution in [0.4, 0.5) is 0 Å². The summed E-state index contributed by atoms with van der Waals surface area (Å²) in [7, 11) is 0. The quantitative estimate of drug-likeness (QED) is 0.614. The summed E-state index contributed by atoms with van der Waals surface area (Å²) in [6.07, 6.45) is 2.38. The highest BCUT2D eigenvalue weighted by atomic mass is 35.5. The molecule has 1 aromatic heterocycles. The Bertz CT molecular complexity index is 861. The molecule has 0 aliphatic heterocycles. The summed E-state index contributed by atoms with van der Waals surface area (Å²) in [5.74, 6) is 0.825. The van der Waals surface area contributed by atoms with E-state index in [2.05, 4.69) is 10.3 Å². The minimum absolute atomic E-state index is 0.0276. The summed E-state index contributed by atoms with van der Waals surface area (Å²) in [5.41, 5.74) is 0.453. The first-order valence-corrected chi connectivity index (χ1v) is 9.87. The number of hydrogen-bond donors (Lipinski definition) is 1. The van der Waals surface area contributed by atoms with Gasteiger partial charge in [-0.05, 0) is 57.7 Å². The van der Waals surface area contributed by atoms with Gasteiger partial charge in [-0.3, -0.25) is 14.2 Å². The lowest BCUT2D eigenvalue weighted by molar-refractivity contribution is -0.119. The van der Waals surface area contributed by atoms with Gasteiger partial charge in [0.2, 0.25) is 5.91 Å². The van der Waals surface area contributed by atoms with Crippen LogP contribution in [-0.2, 0) is 4.79 Å². The molecule has 1 N–H and O–H groups in total. The number of benzene rings is 1. The van der Waals surface area contributed by atoms with Crippen molar-refractivity contribution in [3.8, 4) is 0 Å². The van der Waals surface area contributed by atoms with Crippen molar-refractivity contribution in [1.29, 1.82) is 0 Å². The first-order chi connectivity index (χ1) is 11.9. The number of hydrogen-bond acceptors (Lipinski definition) is 4.